The second-order valence-electron chi connectivity index (χ2n) is 6.37. The molecular formula is C19H19F3N4O3. The molecule has 2 heterocycles. The van der Waals surface area contributed by atoms with Gasteiger partial charge in [0.05, 0.1) is 19.4 Å². The quantitative estimate of drug-likeness (QED) is 0.542. The Morgan fingerprint density at radius 1 is 1.07 bits per heavy atom. The van der Waals surface area contributed by atoms with E-state index in [0.29, 0.717) is 41.3 Å². The summed E-state index contributed by atoms with van der Waals surface area (Å²) in [6.07, 6.45) is -3.26. The first-order chi connectivity index (χ1) is 13.8. The minimum atomic E-state index is -4.68. The zero-order valence-corrected chi connectivity index (χ0v) is 16.1. The molecule has 0 amide bonds. The minimum Gasteiger partial charge on any atom is -0.494 e. The number of aromatic nitrogens is 4. The summed E-state index contributed by atoms with van der Waals surface area (Å²) in [6, 6.07) is 7.06. The van der Waals surface area contributed by atoms with Crippen LogP contribution in [0.3, 0.4) is 0 Å². The van der Waals surface area contributed by atoms with Gasteiger partial charge >= 0.3 is 12.1 Å². The highest BCUT2D eigenvalue weighted by molar-refractivity contribution is 5.65. The van der Waals surface area contributed by atoms with E-state index in [4.69, 9.17) is 9.47 Å². The summed E-state index contributed by atoms with van der Waals surface area (Å²) in [5.74, 6) is -0.394. The van der Waals surface area contributed by atoms with Crippen LogP contribution in [0.1, 0.15) is 29.1 Å². The van der Waals surface area contributed by atoms with Gasteiger partial charge in [-0.1, -0.05) is 5.16 Å². The summed E-state index contributed by atoms with van der Waals surface area (Å²) in [6.45, 7) is 3.96. The van der Waals surface area contributed by atoms with Gasteiger partial charge in [-0.05, 0) is 56.0 Å². The first kappa shape index (κ1) is 20.6. The molecule has 1 aromatic carbocycles. The van der Waals surface area contributed by atoms with E-state index in [9.17, 15) is 13.2 Å². The van der Waals surface area contributed by atoms with Crippen molar-refractivity contribution in [3.63, 3.8) is 0 Å². The zero-order chi connectivity index (χ0) is 21.0. The Kier molecular flexibility index (Phi) is 6.00. The molecule has 3 rings (SSSR count). The predicted octanol–water partition coefficient (Wildman–Crippen LogP) is 4.18. The molecule has 2 aromatic heterocycles. The fourth-order valence-electron chi connectivity index (χ4n) is 2.83. The van der Waals surface area contributed by atoms with Crippen LogP contribution in [-0.4, -0.2) is 34.1 Å². The molecular weight excluding hydrogens is 389 g/mol. The predicted molar refractivity (Wildman–Crippen MR) is 96.6 cm³/mol. The molecule has 0 unspecified atom stereocenters. The average molecular weight is 408 g/mol. The molecule has 0 bridgehead atoms. The van der Waals surface area contributed by atoms with Crippen molar-refractivity contribution in [2.24, 2.45) is 0 Å². The summed E-state index contributed by atoms with van der Waals surface area (Å²) in [5.41, 5.74) is 2.70. The number of hydrogen-bond donors (Lipinski definition) is 0. The summed E-state index contributed by atoms with van der Waals surface area (Å²) in [5, 5.41) is 11.4. The molecule has 0 fully saturated rings. The number of aryl methyl sites for hydroxylation is 3. The molecule has 0 aliphatic carbocycles. The molecule has 0 atom stereocenters. The van der Waals surface area contributed by atoms with Gasteiger partial charge in [-0.25, -0.2) is 0 Å². The topological polar surface area (TPSA) is 83.2 Å². The number of halogens is 3. The van der Waals surface area contributed by atoms with Gasteiger partial charge in [0.2, 0.25) is 11.7 Å². The van der Waals surface area contributed by atoms with E-state index in [2.05, 4.69) is 24.9 Å². The average Bonchev–Trinajstić information content (AvgIpc) is 3.15. The standard InChI is InChI=1S/C19H19F3N4O3/c1-11-9-14(28-8-4-5-13-6-7-15(27-3)25-24-13)10-12(2)16(11)17-23-18(29-26-17)19(20,21)22/h6-7,9-10H,4-5,8H2,1-3H3. The number of hydrogen-bond acceptors (Lipinski definition) is 7. The van der Waals surface area contributed by atoms with Crippen molar-refractivity contribution in [2.45, 2.75) is 32.9 Å². The van der Waals surface area contributed by atoms with E-state index in [1.54, 1.807) is 32.0 Å². The van der Waals surface area contributed by atoms with Gasteiger partial charge in [0.1, 0.15) is 5.75 Å². The molecule has 3 aromatic rings. The maximum Gasteiger partial charge on any atom is 0.471 e. The van der Waals surface area contributed by atoms with E-state index >= 15 is 0 Å². The van der Waals surface area contributed by atoms with Crippen LogP contribution >= 0.6 is 0 Å². The molecule has 29 heavy (non-hydrogen) atoms. The van der Waals surface area contributed by atoms with Crippen molar-refractivity contribution in [1.82, 2.24) is 20.3 Å². The monoisotopic (exact) mass is 408 g/mol. The third-order valence-electron chi connectivity index (χ3n) is 4.15. The Balaban J connectivity index is 1.62. The second kappa shape index (κ2) is 8.46. The lowest BCUT2D eigenvalue weighted by molar-refractivity contribution is -0.159. The fraction of sp³-hybridized carbons (Fsp3) is 0.368. The van der Waals surface area contributed by atoms with Crippen LogP contribution in [0.25, 0.3) is 11.4 Å². The highest BCUT2D eigenvalue weighted by atomic mass is 19.4. The number of rotatable bonds is 7. The van der Waals surface area contributed by atoms with Crippen molar-refractivity contribution >= 4 is 0 Å². The molecule has 10 heteroatoms. The number of nitrogens with zero attached hydrogens (tertiary/aromatic N) is 4. The largest absolute Gasteiger partial charge is 0.494 e. The minimum absolute atomic E-state index is 0.100. The van der Waals surface area contributed by atoms with Crippen molar-refractivity contribution in [3.05, 3.63) is 47.0 Å². The summed E-state index contributed by atoms with van der Waals surface area (Å²) in [4.78, 5) is 3.46. The van der Waals surface area contributed by atoms with Crippen LogP contribution in [0.15, 0.2) is 28.8 Å². The van der Waals surface area contributed by atoms with Gasteiger partial charge in [-0.3, -0.25) is 0 Å². The van der Waals surface area contributed by atoms with Gasteiger partial charge in [-0.2, -0.15) is 23.3 Å². The van der Waals surface area contributed by atoms with Crippen LogP contribution in [0.5, 0.6) is 11.6 Å². The number of methoxy groups -OCH3 is 1. The molecule has 0 aliphatic heterocycles. The van der Waals surface area contributed by atoms with Gasteiger partial charge < -0.3 is 14.0 Å². The second-order valence-corrected chi connectivity index (χ2v) is 6.37. The lowest BCUT2D eigenvalue weighted by atomic mass is 10.0. The summed E-state index contributed by atoms with van der Waals surface area (Å²) < 4.78 is 53.1. The van der Waals surface area contributed by atoms with Crippen molar-refractivity contribution < 1.29 is 27.2 Å². The van der Waals surface area contributed by atoms with Crippen molar-refractivity contribution in [2.75, 3.05) is 13.7 Å². The highest BCUT2D eigenvalue weighted by Gasteiger charge is 2.38. The summed E-state index contributed by atoms with van der Waals surface area (Å²) in [7, 11) is 1.53. The zero-order valence-electron chi connectivity index (χ0n) is 16.1. The number of benzene rings is 1. The van der Waals surface area contributed by atoms with Gasteiger partial charge in [0.15, 0.2) is 0 Å². The van der Waals surface area contributed by atoms with E-state index in [1.165, 1.54) is 7.11 Å². The van der Waals surface area contributed by atoms with Crippen LogP contribution in [0, 0.1) is 13.8 Å². The van der Waals surface area contributed by atoms with Crippen LogP contribution in [0.2, 0.25) is 0 Å². The van der Waals surface area contributed by atoms with Crippen LogP contribution in [0.4, 0.5) is 13.2 Å². The molecule has 0 N–H and O–H groups in total. The molecule has 7 nitrogen and oxygen atoms in total. The Morgan fingerprint density at radius 3 is 2.34 bits per heavy atom. The molecule has 0 saturated heterocycles. The molecule has 154 valence electrons. The smallest absolute Gasteiger partial charge is 0.471 e. The Labute approximate surface area is 164 Å². The fourth-order valence-corrected chi connectivity index (χ4v) is 2.83. The van der Waals surface area contributed by atoms with Crippen molar-refractivity contribution in [1.29, 1.82) is 0 Å². The maximum atomic E-state index is 12.7. The third kappa shape index (κ3) is 5.01. The van der Waals surface area contributed by atoms with Gasteiger partial charge in [0, 0.05) is 11.6 Å². The first-order valence-electron chi connectivity index (χ1n) is 8.80. The Bertz CT molecular complexity index is 949. The lowest BCUT2D eigenvalue weighted by Crippen LogP contribution is -2.05. The van der Waals surface area contributed by atoms with E-state index in [0.717, 1.165) is 12.1 Å². The van der Waals surface area contributed by atoms with E-state index < -0.39 is 12.1 Å². The van der Waals surface area contributed by atoms with Crippen LogP contribution < -0.4 is 9.47 Å². The van der Waals surface area contributed by atoms with Crippen molar-refractivity contribution in [3.8, 4) is 23.0 Å². The third-order valence-corrected chi connectivity index (χ3v) is 4.15. The van der Waals surface area contributed by atoms with E-state index in [-0.39, 0.29) is 5.82 Å². The Morgan fingerprint density at radius 2 is 1.79 bits per heavy atom. The Hall–Kier alpha value is -3.17. The number of ether oxygens (including phenoxy) is 2. The van der Waals surface area contributed by atoms with Gasteiger partial charge in [0.25, 0.3) is 0 Å². The van der Waals surface area contributed by atoms with Gasteiger partial charge in [-0.15, -0.1) is 5.10 Å². The highest BCUT2D eigenvalue weighted by Crippen LogP contribution is 2.33. The lowest BCUT2D eigenvalue weighted by Gasteiger charge is -2.11. The molecule has 0 spiro atoms. The van der Waals surface area contributed by atoms with E-state index in [1.807, 2.05) is 6.07 Å². The SMILES string of the molecule is COc1ccc(CCCOc2cc(C)c(-c3noc(C(F)(F)F)n3)c(C)c2)nn1. The normalized spacial score (nSPS) is 11.5. The summed E-state index contributed by atoms with van der Waals surface area (Å²) >= 11 is 0. The molecule has 0 radical (unpaired) electrons. The van der Waals surface area contributed by atoms with Crippen LogP contribution in [-0.2, 0) is 12.6 Å². The molecule has 0 saturated carbocycles. The maximum absolute atomic E-state index is 12.7. The molecule has 0 aliphatic rings. The first-order valence-corrected chi connectivity index (χ1v) is 8.80. The number of alkyl halides is 3.